The van der Waals surface area contributed by atoms with Gasteiger partial charge in [-0.2, -0.15) is 0 Å². The van der Waals surface area contributed by atoms with Crippen LogP contribution in [0.1, 0.15) is 43.2 Å². The van der Waals surface area contributed by atoms with Crippen LogP contribution in [0.25, 0.3) is 0 Å². The summed E-state index contributed by atoms with van der Waals surface area (Å²) in [4.78, 5) is 14.2. The average molecular weight is 285 g/mol. The molecule has 1 aliphatic rings. The number of carbonyl (C=O) groups excluding carboxylic acids is 1. The number of hydrogen-bond acceptors (Lipinski definition) is 1. The molecule has 88 valence electrons. The summed E-state index contributed by atoms with van der Waals surface area (Å²) >= 11 is 3.44. The Labute approximate surface area is 105 Å². The first kappa shape index (κ1) is 11.7. The standard InChI is InChI=1S/C12H17BrN2O/c1-9(2)15-8-10(13)7-11(15)12(16)14-5-3-4-6-14/h7-9H,3-6H2,1-2H3. The van der Waals surface area contributed by atoms with Gasteiger partial charge in [-0.1, -0.05) is 0 Å². The molecule has 0 atom stereocenters. The number of nitrogens with zero attached hydrogens (tertiary/aromatic N) is 2. The van der Waals surface area contributed by atoms with Crippen LogP contribution in [-0.2, 0) is 0 Å². The highest BCUT2D eigenvalue weighted by Crippen LogP contribution is 2.22. The number of likely N-dealkylation sites (tertiary alicyclic amines) is 1. The Morgan fingerprint density at radius 3 is 2.56 bits per heavy atom. The predicted octanol–water partition coefficient (Wildman–Crippen LogP) is 3.07. The number of rotatable bonds is 2. The zero-order valence-corrected chi connectivity index (χ0v) is 11.3. The highest BCUT2D eigenvalue weighted by atomic mass is 79.9. The number of amides is 1. The molecule has 1 fully saturated rings. The Bertz CT molecular complexity index is 392. The second-order valence-electron chi connectivity index (χ2n) is 4.54. The van der Waals surface area contributed by atoms with E-state index in [2.05, 4.69) is 29.8 Å². The monoisotopic (exact) mass is 284 g/mol. The average Bonchev–Trinajstić information content (AvgIpc) is 2.84. The van der Waals surface area contributed by atoms with Crippen molar-refractivity contribution in [3.63, 3.8) is 0 Å². The molecule has 1 amide bonds. The lowest BCUT2D eigenvalue weighted by Gasteiger charge is -2.18. The van der Waals surface area contributed by atoms with E-state index in [1.807, 2.05) is 21.7 Å². The van der Waals surface area contributed by atoms with Gasteiger partial charge < -0.3 is 9.47 Å². The highest BCUT2D eigenvalue weighted by Gasteiger charge is 2.23. The van der Waals surface area contributed by atoms with E-state index in [4.69, 9.17) is 0 Å². The third-order valence-corrected chi connectivity index (χ3v) is 3.42. The maximum absolute atomic E-state index is 12.3. The molecule has 0 aromatic carbocycles. The molecule has 0 aliphatic carbocycles. The first-order valence-corrected chi connectivity index (χ1v) is 6.55. The zero-order valence-electron chi connectivity index (χ0n) is 9.74. The van der Waals surface area contributed by atoms with Crippen LogP contribution in [0.5, 0.6) is 0 Å². The van der Waals surface area contributed by atoms with Gasteiger partial charge in [0.15, 0.2) is 0 Å². The molecular formula is C12H17BrN2O. The molecule has 1 saturated heterocycles. The topological polar surface area (TPSA) is 25.2 Å². The molecule has 1 aliphatic heterocycles. The van der Waals surface area contributed by atoms with Gasteiger partial charge in [-0.05, 0) is 48.7 Å². The van der Waals surface area contributed by atoms with Crippen LogP contribution in [0.4, 0.5) is 0 Å². The molecular weight excluding hydrogens is 268 g/mol. The van der Waals surface area contributed by atoms with Crippen LogP contribution in [0.15, 0.2) is 16.7 Å². The normalized spacial score (nSPS) is 16.1. The van der Waals surface area contributed by atoms with Gasteiger partial charge in [0, 0.05) is 29.8 Å². The van der Waals surface area contributed by atoms with E-state index in [1.54, 1.807) is 0 Å². The number of carbonyl (C=O) groups is 1. The fourth-order valence-corrected chi connectivity index (χ4v) is 2.56. The minimum atomic E-state index is 0.164. The van der Waals surface area contributed by atoms with Crippen molar-refractivity contribution in [2.75, 3.05) is 13.1 Å². The Balaban J connectivity index is 2.28. The second-order valence-corrected chi connectivity index (χ2v) is 5.46. The smallest absolute Gasteiger partial charge is 0.270 e. The Morgan fingerprint density at radius 2 is 2.00 bits per heavy atom. The van der Waals surface area contributed by atoms with E-state index in [-0.39, 0.29) is 5.91 Å². The predicted molar refractivity (Wildman–Crippen MR) is 67.7 cm³/mol. The van der Waals surface area contributed by atoms with Crippen LogP contribution in [0, 0.1) is 0 Å². The molecule has 0 saturated carbocycles. The van der Waals surface area contributed by atoms with Gasteiger partial charge in [0.25, 0.3) is 5.91 Å². The van der Waals surface area contributed by atoms with Gasteiger partial charge in [-0.3, -0.25) is 4.79 Å². The van der Waals surface area contributed by atoms with Crippen molar-refractivity contribution in [1.82, 2.24) is 9.47 Å². The van der Waals surface area contributed by atoms with Gasteiger partial charge in [0.1, 0.15) is 5.69 Å². The fourth-order valence-electron chi connectivity index (χ4n) is 2.13. The molecule has 2 rings (SSSR count). The molecule has 0 spiro atoms. The van der Waals surface area contributed by atoms with Crippen molar-refractivity contribution in [2.24, 2.45) is 0 Å². The van der Waals surface area contributed by atoms with E-state index in [1.165, 1.54) is 0 Å². The summed E-state index contributed by atoms with van der Waals surface area (Å²) in [5, 5.41) is 0. The minimum Gasteiger partial charge on any atom is -0.340 e. The van der Waals surface area contributed by atoms with E-state index in [0.717, 1.165) is 36.1 Å². The lowest BCUT2D eigenvalue weighted by molar-refractivity contribution is 0.0780. The number of aromatic nitrogens is 1. The lowest BCUT2D eigenvalue weighted by atomic mass is 10.3. The van der Waals surface area contributed by atoms with Crippen molar-refractivity contribution in [2.45, 2.75) is 32.7 Å². The van der Waals surface area contributed by atoms with Crippen molar-refractivity contribution in [3.8, 4) is 0 Å². The molecule has 0 bridgehead atoms. The zero-order chi connectivity index (χ0) is 11.7. The summed E-state index contributed by atoms with van der Waals surface area (Å²) in [6.07, 6.45) is 4.25. The molecule has 2 heterocycles. The molecule has 16 heavy (non-hydrogen) atoms. The lowest BCUT2D eigenvalue weighted by Crippen LogP contribution is -2.29. The Hall–Kier alpha value is -0.770. The van der Waals surface area contributed by atoms with Gasteiger partial charge in [-0.25, -0.2) is 0 Å². The summed E-state index contributed by atoms with van der Waals surface area (Å²) in [5.74, 6) is 0.164. The molecule has 4 heteroatoms. The molecule has 1 aromatic heterocycles. The van der Waals surface area contributed by atoms with Crippen LogP contribution in [-0.4, -0.2) is 28.5 Å². The van der Waals surface area contributed by atoms with E-state index >= 15 is 0 Å². The van der Waals surface area contributed by atoms with Gasteiger partial charge >= 0.3 is 0 Å². The maximum atomic E-state index is 12.3. The fraction of sp³-hybridized carbons (Fsp3) is 0.583. The quantitative estimate of drug-likeness (QED) is 0.819. The van der Waals surface area contributed by atoms with E-state index in [9.17, 15) is 4.79 Å². The Kier molecular flexibility index (Phi) is 3.38. The molecule has 0 unspecified atom stereocenters. The first-order chi connectivity index (χ1) is 7.59. The number of hydrogen-bond donors (Lipinski definition) is 0. The summed E-state index contributed by atoms with van der Waals surface area (Å²) in [5.41, 5.74) is 0.795. The first-order valence-electron chi connectivity index (χ1n) is 5.76. The third-order valence-electron chi connectivity index (χ3n) is 2.98. The van der Waals surface area contributed by atoms with Crippen LogP contribution < -0.4 is 0 Å². The summed E-state index contributed by atoms with van der Waals surface area (Å²) in [6.45, 7) is 5.99. The van der Waals surface area contributed by atoms with E-state index in [0.29, 0.717) is 6.04 Å². The molecule has 0 N–H and O–H groups in total. The maximum Gasteiger partial charge on any atom is 0.270 e. The van der Waals surface area contributed by atoms with Crippen LogP contribution in [0.2, 0.25) is 0 Å². The SMILES string of the molecule is CC(C)n1cc(Br)cc1C(=O)N1CCCC1. The van der Waals surface area contributed by atoms with Gasteiger partial charge in [-0.15, -0.1) is 0 Å². The molecule has 3 nitrogen and oxygen atoms in total. The van der Waals surface area contributed by atoms with E-state index < -0.39 is 0 Å². The number of halogens is 1. The van der Waals surface area contributed by atoms with Crippen LogP contribution >= 0.6 is 15.9 Å². The Morgan fingerprint density at radius 1 is 1.38 bits per heavy atom. The van der Waals surface area contributed by atoms with Crippen molar-refractivity contribution in [3.05, 3.63) is 22.4 Å². The summed E-state index contributed by atoms with van der Waals surface area (Å²) < 4.78 is 3.01. The van der Waals surface area contributed by atoms with Crippen molar-refractivity contribution in [1.29, 1.82) is 0 Å². The second kappa shape index (κ2) is 4.62. The third kappa shape index (κ3) is 2.17. The largest absolute Gasteiger partial charge is 0.340 e. The molecule has 0 radical (unpaired) electrons. The van der Waals surface area contributed by atoms with Crippen molar-refractivity contribution >= 4 is 21.8 Å². The summed E-state index contributed by atoms with van der Waals surface area (Å²) in [7, 11) is 0. The van der Waals surface area contributed by atoms with Gasteiger partial charge in [0.2, 0.25) is 0 Å². The minimum absolute atomic E-state index is 0.164. The molecule has 1 aromatic rings. The highest BCUT2D eigenvalue weighted by molar-refractivity contribution is 9.10. The van der Waals surface area contributed by atoms with Gasteiger partial charge in [0.05, 0.1) is 0 Å². The summed E-state index contributed by atoms with van der Waals surface area (Å²) in [6, 6.07) is 2.23. The van der Waals surface area contributed by atoms with Crippen molar-refractivity contribution < 1.29 is 4.79 Å². The van der Waals surface area contributed by atoms with Crippen LogP contribution in [0.3, 0.4) is 0 Å².